The van der Waals surface area contributed by atoms with Crippen molar-refractivity contribution in [3.05, 3.63) is 28.3 Å². The Hall–Kier alpha value is -1.26. The summed E-state index contributed by atoms with van der Waals surface area (Å²) in [5, 5.41) is 0.756. The van der Waals surface area contributed by atoms with Gasteiger partial charge in [0.2, 0.25) is 0 Å². The van der Waals surface area contributed by atoms with E-state index in [1.165, 1.54) is 12.7 Å². The Morgan fingerprint density at radius 2 is 2.29 bits per heavy atom. The molecule has 1 fully saturated rings. The average molecular weight is 310 g/mol. The number of esters is 1. The summed E-state index contributed by atoms with van der Waals surface area (Å²) < 4.78 is 10.6. The van der Waals surface area contributed by atoms with E-state index in [4.69, 9.17) is 21.1 Å². The SMILES string of the molecule is COC(=O)C1CN(Cc2cc(Cl)cc3c2OCC3)CC1C. The topological polar surface area (TPSA) is 38.8 Å². The van der Waals surface area contributed by atoms with Gasteiger partial charge in [0.15, 0.2) is 0 Å². The molecule has 5 heteroatoms. The van der Waals surface area contributed by atoms with Gasteiger partial charge in [-0.05, 0) is 23.6 Å². The number of ether oxygens (including phenoxy) is 2. The minimum absolute atomic E-state index is 0.0387. The molecule has 2 aliphatic heterocycles. The highest BCUT2D eigenvalue weighted by Gasteiger charge is 2.36. The van der Waals surface area contributed by atoms with Crippen LogP contribution in [0.25, 0.3) is 0 Å². The highest BCUT2D eigenvalue weighted by molar-refractivity contribution is 6.30. The van der Waals surface area contributed by atoms with Crippen LogP contribution in [0.15, 0.2) is 12.1 Å². The fraction of sp³-hybridized carbons (Fsp3) is 0.562. The molecule has 2 atom stereocenters. The van der Waals surface area contributed by atoms with Crippen molar-refractivity contribution in [3.8, 4) is 5.75 Å². The van der Waals surface area contributed by atoms with Crippen molar-refractivity contribution in [3.63, 3.8) is 0 Å². The van der Waals surface area contributed by atoms with Crippen LogP contribution in [0.4, 0.5) is 0 Å². The van der Waals surface area contributed by atoms with Gasteiger partial charge in [0.25, 0.3) is 0 Å². The second-order valence-electron chi connectivity index (χ2n) is 5.95. The predicted molar refractivity (Wildman–Crippen MR) is 80.6 cm³/mol. The number of carbonyl (C=O) groups excluding carboxylic acids is 1. The minimum Gasteiger partial charge on any atom is -0.493 e. The summed E-state index contributed by atoms with van der Waals surface area (Å²) in [6.07, 6.45) is 0.921. The molecule has 1 aromatic rings. The maximum atomic E-state index is 11.8. The predicted octanol–water partition coefficient (Wildman–Crippen LogP) is 2.52. The van der Waals surface area contributed by atoms with Crippen molar-refractivity contribution < 1.29 is 14.3 Å². The molecule has 0 bridgehead atoms. The molecule has 2 unspecified atom stereocenters. The van der Waals surface area contributed by atoms with E-state index in [0.29, 0.717) is 5.92 Å². The standard InChI is InChI=1S/C16H20ClNO3/c1-10-7-18(9-14(10)16(19)20-2)8-12-6-13(17)5-11-3-4-21-15(11)12/h5-6,10,14H,3-4,7-9H2,1-2H3. The van der Waals surface area contributed by atoms with Crippen molar-refractivity contribution in [2.45, 2.75) is 19.9 Å². The van der Waals surface area contributed by atoms with Crippen LogP contribution in [0.1, 0.15) is 18.1 Å². The zero-order valence-corrected chi connectivity index (χ0v) is 13.2. The number of carbonyl (C=O) groups is 1. The Morgan fingerprint density at radius 1 is 1.48 bits per heavy atom. The van der Waals surface area contributed by atoms with Gasteiger partial charge in [-0.2, -0.15) is 0 Å². The summed E-state index contributed by atoms with van der Waals surface area (Å²) in [4.78, 5) is 14.0. The van der Waals surface area contributed by atoms with Gasteiger partial charge in [0.1, 0.15) is 5.75 Å². The number of benzene rings is 1. The number of hydrogen-bond donors (Lipinski definition) is 0. The first kappa shape index (κ1) is 14.7. The van der Waals surface area contributed by atoms with Gasteiger partial charge in [-0.25, -0.2) is 0 Å². The number of methoxy groups -OCH3 is 1. The third kappa shape index (κ3) is 2.87. The van der Waals surface area contributed by atoms with E-state index in [1.807, 2.05) is 12.1 Å². The summed E-state index contributed by atoms with van der Waals surface area (Å²) >= 11 is 6.20. The lowest BCUT2D eigenvalue weighted by Crippen LogP contribution is -2.24. The number of fused-ring (bicyclic) bond motifs is 1. The van der Waals surface area contributed by atoms with Crippen LogP contribution in [-0.2, 0) is 22.5 Å². The number of hydrogen-bond acceptors (Lipinski definition) is 4. The van der Waals surface area contributed by atoms with E-state index < -0.39 is 0 Å². The lowest BCUT2D eigenvalue weighted by molar-refractivity contribution is -0.146. The average Bonchev–Trinajstić information content (AvgIpc) is 3.04. The Morgan fingerprint density at radius 3 is 3.05 bits per heavy atom. The quantitative estimate of drug-likeness (QED) is 0.804. The van der Waals surface area contributed by atoms with Crippen molar-refractivity contribution >= 4 is 17.6 Å². The number of likely N-dealkylation sites (tertiary alicyclic amines) is 1. The highest BCUT2D eigenvalue weighted by Crippen LogP contribution is 2.35. The van der Waals surface area contributed by atoms with Gasteiger partial charge < -0.3 is 9.47 Å². The first-order valence-corrected chi connectivity index (χ1v) is 7.70. The Kier molecular flexibility index (Phi) is 4.09. The van der Waals surface area contributed by atoms with Crippen LogP contribution >= 0.6 is 11.6 Å². The van der Waals surface area contributed by atoms with Gasteiger partial charge in [0, 0.05) is 36.6 Å². The van der Waals surface area contributed by atoms with Crippen molar-refractivity contribution in [1.29, 1.82) is 0 Å². The molecule has 0 radical (unpaired) electrons. The molecule has 3 rings (SSSR count). The molecule has 21 heavy (non-hydrogen) atoms. The largest absolute Gasteiger partial charge is 0.493 e. The Labute approximate surface area is 130 Å². The molecular formula is C16H20ClNO3. The summed E-state index contributed by atoms with van der Waals surface area (Å²) in [5.74, 6) is 1.14. The summed E-state index contributed by atoms with van der Waals surface area (Å²) in [6.45, 7) is 5.21. The maximum Gasteiger partial charge on any atom is 0.310 e. The normalized spacial score (nSPS) is 24.7. The zero-order valence-electron chi connectivity index (χ0n) is 12.4. The van der Waals surface area contributed by atoms with Gasteiger partial charge in [-0.1, -0.05) is 18.5 Å². The molecule has 0 N–H and O–H groups in total. The number of halogens is 1. The van der Waals surface area contributed by atoms with E-state index in [0.717, 1.165) is 49.0 Å². The van der Waals surface area contributed by atoms with Crippen molar-refractivity contribution in [2.75, 3.05) is 26.8 Å². The summed E-state index contributed by atoms with van der Waals surface area (Å²) in [7, 11) is 1.45. The molecule has 1 saturated heterocycles. The fourth-order valence-electron chi connectivity index (χ4n) is 3.36. The van der Waals surface area contributed by atoms with Crippen LogP contribution in [0.2, 0.25) is 5.02 Å². The van der Waals surface area contributed by atoms with E-state index >= 15 is 0 Å². The van der Waals surface area contributed by atoms with Crippen molar-refractivity contribution in [1.82, 2.24) is 4.90 Å². The molecule has 0 amide bonds. The molecule has 2 heterocycles. The maximum absolute atomic E-state index is 11.8. The van der Waals surface area contributed by atoms with Crippen LogP contribution in [0.3, 0.4) is 0 Å². The van der Waals surface area contributed by atoms with E-state index in [2.05, 4.69) is 11.8 Å². The van der Waals surface area contributed by atoms with E-state index in [1.54, 1.807) is 0 Å². The first-order valence-electron chi connectivity index (χ1n) is 7.32. The molecule has 114 valence electrons. The molecular weight excluding hydrogens is 290 g/mol. The molecule has 0 saturated carbocycles. The second-order valence-corrected chi connectivity index (χ2v) is 6.39. The van der Waals surface area contributed by atoms with Crippen molar-refractivity contribution in [2.24, 2.45) is 11.8 Å². The molecule has 4 nitrogen and oxygen atoms in total. The Bertz CT molecular complexity index is 561. The first-order chi connectivity index (χ1) is 10.1. The molecule has 0 aliphatic carbocycles. The van der Waals surface area contributed by atoms with Crippen LogP contribution in [0.5, 0.6) is 5.75 Å². The minimum atomic E-state index is -0.113. The zero-order chi connectivity index (χ0) is 15.0. The summed E-state index contributed by atoms with van der Waals surface area (Å²) in [6, 6.07) is 3.96. The lowest BCUT2D eigenvalue weighted by Gasteiger charge is -2.17. The third-order valence-electron chi connectivity index (χ3n) is 4.41. The van der Waals surface area contributed by atoms with E-state index in [-0.39, 0.29) is 11.9 Å². The van der Waals surface area contributed by atoms with Crippen LogP contribution in [-0.4, -0.2) is 37.7 Å². The monoisotopic (exact) mass is 309 g/mol. The molecule has 2 aliphatic rings. The Balaban J connectivity index is 1.75. The van der Waals surface area contributed by atoms with Gasteiger partial charge in [-0.15, -0.1) is 0 Å². The number of rotatable bonds is 3. The molecule has 0 aromatic heterocycles. The van der Waals surface area contributed by atoms with Gasteiger partial charge in [0.05, 0.1) is 19.6 Å². The fourth-order valence-corrected chi connectivity index (χ4v) is 3.62. The smallest absolute Gasteiger partial charge is 0.310 e. The highest BCUT2D eigenvalue weighted by atomic mass is 35.5. The van der Waals surface area contributed by atoms with Crippen LogP contribution in [0, 0.1) is 11.8 Å². The lowest BCUT2D eigenvalue weighted by atomic mass is 9.99. The summed E-state index contributed by atoms with van der Waals surface area (Å²) in [5.41, 5.74) is 2.31. The van der Waals surface area contributed by atoms with Gasteiger partial charge >= 0.3 is 5.97 Å². The van der Waals surface area contributed by atoms with Crippen LogP contribution < -0.4 is 4.74 Å². The van der Waals surface area contributed by atoms with E-state index in [9.17, 15) is 4.79 Å². The number of nitrogens with zero attached hydrogens (tertiary/aromatic N) is 1. The van der Waals surface area contributed by atoms with Gasteiger partial charge in [-0.3, -0.25) is 9.69 Å². The molecule has 1 aromatic carbocycles. The molecule has 0 spiro atoms. The third-order valence-corrected chi connectivity index (χ3v) is 4.63. The second kappa shape index (κ2) is 5.85.